The summed E-state index contributed by atoms with van der Waals surface area (Å²) in [6.45, 7) is 6.91. The fraction of sp³-hybridized carbons (Fsp3) is 1.00. The molecule has 1 nitrogen and oxygen atoms in total. The number of hydrogen-bond donors (Lipinski definition) is 1. The summed E-state index contributed by atoms with van der Waals surface area (Å²) in [4.78, 5) is 0. The maximum Gasteiger partial charge on any atom is 0.0436 e. The quantitative estimate of drug-likeness (QED) is 0.618. The molecule has 0 atom stereocenters. The van der Waals surface area contributed by atoms with E-state index in [2.05, 4.69) is 20.8 Å². The van der Waals surface area contributed by atoms with Crippen molar-refractivity contribution in [2.45, 2.75) is 40.0 Å². The summed E-state index contributed by atoms with van der Waals surface area (Å²) in [5.74, 6) is 0. The van der Waals surface area contributed by atoms with E-state index in [1.165, 1.54) is 12.8 Å². The van der Waals surface area contributed by atoms with E-state index in [4.69, 9.17) is 5.11 Å². The van der Waals surface area contributed by atoms with Crippen LogP contribution in [0.5, 0.6) is 0 Å². The van der Waals surface area contributed by atoms with Crippen molar-refractivity contribution in [2.24, 2.45) is 5.41 Å². The highest BCUT2D eigenvalue weighted by Gasteiger charge is 2.14. The Balaban J connectivity index is 3.43. The molecular formula is C8H18O. The van der Waals surface area contributed by atoms with Gasteiger partial charge in [-0.25, -0.2) is 0 Å². The molecule has 56 valence electrons. The molecule has 0 rings (SSSR count). The SMILES string of the molecule is CCCC(C)(C)CCO. The summed E-state index contributed by atoms with van der Waals surface area (Å²) in [5, 5.41) is 8.63. The predicted octanol–water partition coefficient (Wildman–Crippen LogP) is 2.20. The van der Waals surface area contributed by atoms with Gasteiger partial charge in [0.25, 0.3) is 0 Å². The molecular weight excluding hydrogens is 112 g/mol. The molecule has 0 radical (unpaired) electrons. The Morgan fingerprint density at radius 2 is 1.78 bits per heavy atom. The van der Waals surface area contributed by atoms with Gasteiger partial charge in [-0.2, -0.15) is 0 Å². The highest BCUT2D eigenvalue weighted by Crippen LogP contribution is 2.25. The van der Waals surface area contributed by atoms with Crippen molar-refractivity contribution in [1.29, 1.82) is 0 Å². The fourth-order valence-electron chi connectivity index (χ4n) is 1.10. The fourth-order valence-corrected chi connectivity index (χ4v) is 1.10. The van der Waals surface area contributed by atoms with Crippen molar-refractivity contribution < 1.29 is 5.11 Å². The van der Waals surface area contributed by atoms with Crippen molar-refractivity contribution in [3.8, 4) is 0 Å². The van der Waals surface area contributed by atoms with Crippen LogP contribution in [0.15, 0.2) is 0 Å². The van der Waals surface area contributed by atoms with E-state index < -0.39 is 0 Å². The topological polar surface area (TPSA) is 20.2 Å². The average molecular weight is 130 g/mol. The molecule has 0 saturated carbocycles. The Bertz CT molecular complexity index is 59.0. The van der Waals surface area contributed by atoms with E-state index in [-0.39, 0.29) is 0 Å². The predicted molar refractivity (Wildman–Crippen MR) is 40.4 cm³/mol. The van der Waals surface area contributed by atoms with Gasteiger partial charge in [-0.1, -0.05) is 27.2 Å². The van der Waals surface area contributed by atoms with Crippen molar-refractivity contribution in [1.82, 2.24) is 0 Å². The van der Waals surface area contributed by atoms with Crippen molar-refractivity contribution in [3.63, 3.8) is 0 Å². The second kappa shape index (κ2) is 3.89. The molecule has 0 aromatic heterocycles. The van der Waals surface area contributed by atoms with Crippen LogP contribution in [0, 0.1) is 5.41 Å². The van der Waals surface area contributed by atoms with Gasteiger partial charge in [0.15, 0.2) is 0 Å². The highest BCUT2D eigenvalue weighted by atomic mass is 16.3. The second-order valence-electron chi connectivity index (χ2n) is 3.39. The molecule has 0 amide bonds. The molecule has 1 heteroatoms. The summed E-state index contributed by atoms with van der Waals surface area (Å²) in [7, 11) is 0. The summed E-state index contributed by atoms with van der Waals surface area (Å²) >= 11 is 0. The zero-order chi connectivity index (χ0) is 7.33. The molecule has 0 spiro atoms. The van der Waals surface area contributed by atoms with Gasteiger partial charge in [0.1, 0.15) is 0 Å². The van der Waals surface area contributed by atoms with Gasteiger partial charge in [0.05, 0.1) is 0 Å². The summed E-state index contributed by atoms with van der Waals surface area (Å²) in [6, 6.07) is 0. The maximum atomic E-state index is 8.63. The largest absolute Gasteiger partial charge is 0.396 e. The van der Waals surface area contributed by atoms with Gasteiger partial charge >= 0.3 is 0 Å². The van der Waals surface area contributed by atoms with Crippen LogP contribution in [0.4, 0.5) is 0 Å². The average Bonchev–Trinajstić information content (AvgIpc) is 1.64. The van der Waals surface area contributed by atoms with Gasteiger partial charge in [-0.05, 0) is 18.3 Å². The normalized spacial score (nSPS) is 12.0. The maximum absolute atomic E-state index is 8.63. The van der Waals surface area contributed by atoms with Crippen LogP contribution in [0.1, 0.15) is 40.0 Å². The van der Waals surface area contributed by atoms with E-state index in [1.54, 1.807) is 0 Å². The van der Waals surface area contributed by atoms with E-state index >= 15 is 0 Å². The third-order valence-electron chi connectivity index (χ3n) is 1.72. The van der Waals surface area contributed by atoms with Crippen molar-refractivity contribution in [2.75, 3.05) is 6.61 Å². The number of hydrogen-bond acceptors (Lipinski definition) is 1. The first-order valence-electron chi connectivity index (χ1n) is 3.73. The van der Waals surface area contributed by atoms with Gasteiger partial charge in [0, 0.05) is 6.61 Å². The summed E-state index contributed by atoms with van der Waals surface area (Å²) in [5.41, 5.74) is 0.351. The van der Waals surface area contributed by atoms with Crippen molar-refractivity contribution in [3.05, 3.63) is 0 Å². The zero-order valence-electron chi connectivity index (χ0n) is 6.78. The number of aliphatic hydroxyl groups is 1. The standard InChI is InChI=1S/C8H18O/c1-4-5-8(2,3)6-7-9/h9H,4-7H2,1-3H3. The zero-order valence-corrected chi connectivity index (χ0v) is 6.78. The van der Waals surface area contributed by atoms with Gasteiger partial charge in [-0.15, -0.1) is 0 Å². The molecule has 0 aliphatic rings. The lowest BCUT2D eigenvalue weighted by Crippen LogP contribution is -2.12. The van der Waals surface area contributed by atoms with E-state index in [1.807, 2.05) is 0 Å². The molecule has 0 saturated heterocycles. The Morgan fingerprint density at radius 3 is 2.11 bits per heavy atom. The second-order valence-corrected chi connectivity index (χ2v) is 3.39. The summed E-state index contributed by atoms with van der Waals surface area (Å²) < 4.78 is 0. The molecule has 0 fully saturated rings. The molecule has 1 N–H and O–H groups in total. The van der Waals surface area contributed by atoms with Crippen LogP contribution in [0.2, 0.25) is 0 Å². The minimum atomic E-state index is 0.326. The smallest absolute Gasteiger partial charge is 0.0436 e. The molecule has 0 aliphatic carbocycles. The molecule has 9 heavy (non-hydrogen) atoms. The molecule has 0 aromatic rings. The van der Waals surface area contributed by atoms with Crippen molar-refractivity contribution >= 4 is 0 Å². The van der Waals surface area contributed by atoms with Gasteiger partial charge in [0.2, 0.25) is 0 Å². The molecule has 0 aliphatic heterocycles. The van der Waals surface area contributed by atoms with Crippen LogP contribution in [-0.4, -0.2) is 11.7 Å². The van der Waals surface area contributed by atoms with Crippen LogP contribution in [0.3, 0.4) is 0 Å². The third-order valence-corrected chi connectivity index (χ3v) is 1.72. The first kappa shape index (κ1) is 8.96. The minimum absolute atomic E-state index is 0.326. The summed E-state index contributed by atoms with van der Waals surface area (Å²) in [6.07, 6.45) is 3.36. The molecule has 0 bridgehead atoms. The molecule has 0 unspecified atom stereocenters. The third kappa shape index (κ3) is 4.46. The number of aliphatic hydroxyl groups excluding tert-OH is 1. The van der Waals surface area contributed by atoms with E-state index in [9.17, 15) is 0 Å². The Kier molecular flexibility index (Phi) is 3.87. The lowest BCUT2D eigenvalue weighted by Gasteiger charge is -2.21. The van der Waals surface area contributed by atoms with Gasteiger partial charge < -0.3 is 5.11 Å². The lowest BCUT2D eigenvalue weighted by molar-refractivity contribution is 0.201. The number of rotatable bonds is 4. The van der Waals surface area contributed by atoms with E-state index in [0.29, 0.717) is 12.0 Å². The first-order valence-corrected chi connectivity index (χ1v) is 3.73. The Morgan fingerprint density at radius 1 is 1.22 bits per heavy atom. The monoisotopic (exact) mass is 130 g/mol. The molecule has 0 aromatic carbocycles. The highest BCUT2D eigenvalue weighted by molar-refractivity contribution is 4.66. The molecule has 0 heterocycles. The van der Waals surface area contributed by atoms with E-state index in [0.717, 1.165) is 6.42 Å². The lowest BCUT2D eigenvalue weighted by atomic mass is 9.85. The Hall–Kier alpha value is -0.0400. The van der Waals surface area contributed by atoms with Crippen LogP contribution < -0.4 is 0 Å². The van der Waals surface area contributed by atoms with Crippen LogP contribution in [-0.2, 0) is 0 Å². The van der Waals surface area contributed by atoms with Crippen LogP contribution >= 0.6 is 0 Å². The Labute approximate surface area is 58.1 Å². The van der Waals surface area contributed by atoms with Crippen LogP contribution in [0.25, 0.3) is 0 Å². The minimum Gasteiger partial charge on any atom is -0.396 e. The first-order chi connectivity index (χ1) is 4.12. The van der Waals surface area contributed by atoms with Gasteiger partial charge in [-0.3, -0.25) is 0 Å².